The molecule has 0 atom stereocenters. The third-order valence-electron chi connectivity index (χ3n) is 3.73. The Kier molecular flexibility index (Phi) is 4.40. The van der Waals surface area contributed by atoms with E-state index in [1.807, 2.05) is 43.3 Å². The zero-order chi connectivity index (χ0) is 16.1. The first-order valence-corrected chi connectivity index (χ1v) is 7.64. The second kappa shape index (κ2) is 6.81. The van der Waals surface area contributed by atoms with Crippen LogP contribution in [-0.2, 0) is 0 Å². The van der Waals surface area contributed by atoms with Crippen LogP contribution in [0.5, 0.6) is 5.75 Å². The lowest BCUT2D eigenvalue weighted by atomic mass is 10.00. The quantitative estimate of drug-likeness (QED) is 0.655. The minimum absolute atomic E-state index is 0.679. The van der Waals surface area contributed by atoms with E-state index in [9.17, 15) is 0 Å². The summed E-state index contributed by atoms with van der Waals surface area (Å²) in [4.78, 5) is 0. The molecule has 0 aliphatic carbocycles. The van der Waals surface area contributed by atoms with Crippen molar-refractivity contribution < 1.29 is 4.74 Å². The lowest BCUT2D eigenvalue weighted by Gasteiger charge is -2.07. The van der Waals surface area contributed by atoms with Gasteiger partial charge in [-0.1, -0.05) is 48.5 Å². The number of ether oxygens (including phenoxy) is 1. The Morgan fingerprint density at radius 3 is 1.48 bits per heavy atom. The van der Waals surface area contributed by atoms with E-state index in [2.05, 4.69) is 42.5 Å². The summed E-state index contributed by atoms with van der Waals surface area (Å²) in [6, 6.07) is 26.3. The van der Waals surface area contributed by atoms with Crippen molar-refractivity contribution in [2.75, 3.05) is 6.61 Å². The average Bonchev–Trinajstić information content (AvgIpc) is 2.63. The SMILES string of the molecule is CCOc1ccc(-c2ccc(-c3ccc(C#N)cc3)cc2)cc1. The standard InChI is InChI=1S/C21H17NO/c1-2-23-21-13-11-20(12-14-21)19-9-7-18(8-10-19)17-5-3-16(15-22)4-6-17/h3-14H,2H2,1H3. The van der Waals surface area contributed by atoms with Crippen molar-refractivity contribution in [2.45, 2.75) is 6.92 Å². The Labute approximate surface area is 136 Å². The van der Waals surface area contributed by atoms with Crippen LogP contribution in [0.2, 0.25) is 0 Å². The summed E-state index contributed by atoms with van der Waals surface area (Å²) >= 11 is 0. The predicted molar refractivity (Wildman–Crippen MR) is 93.2 cm³/mol. The lowest BCUT2D eigenvalue weighted by Crippen LogP contribution is -1.90. The molecular formula is C21H17NO. The van der Waals surface area contributed by atoms with Gasteiger partial charge in [0.25, 0.3) is 0 Å². The van der Waals surface area contributed by atoms with Gasteiger partial charge in [0.05, 0.1) is 18.2 Å². The summed E-state index contributed by atoms with van der Waals surface area (Å²) in [6.07, 6.45) is 0. The molecule has 0 radical (unpaired) electrons. The molecule has 112 valence electrons. The maximum atomic E-state index is 8.86. The van der Waals surface area contributed by atoms with Crippen molar-refractivity contribution in [2.24, 2.45) is 0 Å². The molecule has 0 heterocycles. The Morgan fingerprint density at radius 1 is 0.696 bits per heavy atom. The second-order valence-corrected chi connectivity index (χ2v) is 5.22. The van der Waals surface area contributed by atoms with Gasteiger partial charge in [0.2, 0.25) is 0 Å². The van der Waals surface area contributed by atoms with Crippen LogP contribution in [0.3, 0.4) is 0 Å². The molecule has 0 spiro atoms. The van der Waals surface area contributed by atoms with Gasteiger partial charge in [-0.3, -0.25) is 0 Å². The molecule has 0 aromatic heterocycles. The molecule has 23 heavy (non-hydrogen) atoms. The van der Waals surface area contributed by atoms with Crippen molar-refractivity contribution in [3.8, 4) is 34.1 Å². The number of rotatable bonds is 4. The van der Waals surface area contributed by atoms with Crippen LogP contribution < -0.4 is 4.74 Å². The molecule has 0 bridgehead atoms. The molecule has 3 aromatic carbocycles. The van der Waals surface area contributed by atoms with Crippen molar-refractivity contribution in [3.05, 3.63) is 78.4 Å². The first-order chi connectivity index (χ1) is 11.3. The fourth-order valence-corrected chi connectivity index (χ4v) is 2.50. The average molecular weight is 299 g/mol. The largest absolute Gasteiger partial charge is 0.494 e. The zero-order valence-corrected chi connectivity index (χ0v) is 13.0. The minimum Gasteiger partial charge on any atom is -0.494 e. The maximum absolute atomic E-state index is 8.86. The Morgan fingerprint density at radius 2 is 1.09 bits per heavy atom. The van der Waals surface area contributed by atoms with Gasteiger partial charge in [-0.2, -0.15) is 5.26 Å². The zero-order valence-electron chi connectivity index (χ0n) is 13.0. The van der Waals surface area contributed by atoms with E-state index >= 15 is 0 Å². The van der Waals surface area contributed by atoms with Gasteiger partial charge < -0.3 is 4.74 Å². The maximum Gasteiger partial charge on any atom is 0.119 e. The highest BCUT2D eigenvalue weighted by Crippen LogP contribution is 2.26. The number of benzene rings is 3. The number of nitrogens with zero attached hydrogens (tertiary/aromatic N) is 1. The third-order valence-corrected chi connectivity index (χ3v) is 3.73. The molecule has 2 nitrogen and oxygen atoms in total. The van der Waals surface area contributed by atoms with Crippen molar-refractivity contribution in [1.29, 1.82) is 5.26 Å². The third kappa shape index (κ3) is 3.41. The van der Waals surface area contributed by atoms with Crippen LogP contribution >= 0.6 is 0 Å². The summed E-state index contributed by atoms with van der Waals surface area (Å²) in [5.74, 6) is 0.894. The molecule has 0 amide bonds. The Balaban J connectivity index is 1.82. The highest BCUT2D eigenvalue weighted by Gasteiger charge is 2.01. The number of hydrogen-bond acceptors (Lipinski definition) is 2. The molecule has 3 rings (SSSR count). The van der Waals surface area contributed by atoms with E-state index in [0.717, 1.165) is 16.9 Å². The van der Waals surface area contributed by atoms with E-state index in [-0.39, 0.29) is 0 Å². The predicted octanol–water partition coefficient (Wildman–Crippen LogP) is 5.29. The number of hydrogen-bond donors (Lipinski definition) is 0. The van der Waals surface area contributed by atoms with Crippen molar-refractivity contribution >= 4 is 0 Å². The molecule has 3 aromatic rings. The number of nitriles is 1. The van der Waals surface area contributed by atoms with Crippen LogP contribution in [0.15, 0.2) is 72.8 Å². The van der Waals surface area contributed by atoms with Crippen LogP contribution in [0, 0.1) is 11.3 Å². The normalized spacial score (nSPS) is 10.1. The van der Waals surface area contributed by atoms with Gasteiger partial charge in [-0.05, 0) is 53.4 Å². The second-order valence-electron chi connectivity index (χ2n) is 5.22. The fourth-order valence-electron chi connectivity index (χ4n) is 2.50. The monoisotopic (exact) mass is 299 g/mol. The van der Waals surface area contributed by atoms with Gasteiger partial charge >= 0.3 is 0 Å². The van der Waals surface area contributed by atoms with Gasteiger partial charge in [-0.15, -0.1) is 0 Å². The van der Waals surface area contributed by atoms with E-state index in [1.54, 1.807) is 0 Å². The van der Waals surface area contributed by atoms with Gasteiger partial charge in [-0.25, -0.2) is 0 Å². The topological polar surface area (TPSA) is 33.0 Å². The van der Waals surface area contributed by atoms with Crippen molar-refractivity contribution in [3.63, 3.8) is 0 Å². The molecule has 0 aliphatic rings. The molecule has 0 saturated heterocycles. The molecule has 0 unspecified atom stereocenters. The summed E-state index contributed by atoms with van der Waals surface area (Å²) in [7, 11) is 0. The van der Waals surface area contributed by atoms with Gasteiger partial charge in [0, 0.05) is 0 Å². The summed E-state index contributed by atoms with van der Waals surface area (Å²) in [6.45, 7) is 2.66. The van der Waals surface area contributed by atoms with Gasteiger partial charge in [0.15, 0.2) is 0 Å². The molecular weight excluding hydrogens is 282 g/mol. The molecule has 2 heteroatoms. The summed E-state index contributed by atoms with van der Waals surface area (Å²) in [5.41, 5.74) is 5.27. The Hall–Kier alpha value is -3.05. The first-order valence-electron chi connectivity index (χ1n) is 7.64. The molecule has 0 saturated carbocycles. The minimum atomic E-state index is 0.679. The van der Waals surface area contributed by atoms with E-state index in [0.29, 0.717) is 12.2 Å². The molecule has 0 N–H and O–H groups in total. The van der Waals surface area contributed by atoms with E-state index < -0.39 is 0 Å². The van der Waals surface area contributed by atoms with E-state index in [1.165, 1.54) is 11.1 Å². The van der Waals surface area contributed by atoms with Crippen LogP contribution in [0.25, 0.3) is 22.3 Å². The summed E-state index contributed by atoms with van der Waals surface area (Å²) in [5, 5.41) is 8.86. The fraction of sp³-hybridized carbons (Fsp3) is 0.0952. The lowest BCUT2D eigenvalue weighted by molar-refractivity contribution is 0.340. The molecule has 0 fully saturated rings. The summed E-state index contributed by atoms with van der Waals surface area (Å²) < 4.78 is 5.47. The van der Waals surface area contributed by atoms with Crippen LogP contribution in [-0.4, -0.2) is 6.61 Å². The highest BCUT2D eigenvalue weighted by atomic mass is 16.5. The molecule has 0 aliphatic heterocycles. The van der Waals surface area contributed by atoms with Crippen LogP contribution in [0.4, 0.5) is 0 Å². The van der Waals surface area contributed by atoms with Crippen molar-refractivity contribution in [1.82, 2.24) is 0 Å². The smallest absolute Gasteiger partial charge is 0.119 e. The van der Waals surface area contributed by atoms with Crippen LogP contribution in [0.1, 0.15) is 12.5 Å². The first kappa shape index (κ1) is 14.9. The van der Waals surface area contributed by atoms with Gasteiger partial charge in [0.1, 0.15) is 5.75 Å². The Bertz CT molecular complexity index is 810. The highest BCUT2D eigenvalue weighted by molar-refractivity contribution is 5.71. The van der Waals surface area contributed by atoms with E-state index in [4.69, 9.17) is 10.00 Å².